The molecular weight excluding hydrogens is 254 g/mol. The fourth-order valence-corrected chi connectivity index (χ4v) is 2.50. The van der Waals surface area contributed by atoms with Crippen molar-refractivity contribution in [2.75, 3.05) is 13.2 Å². The molecule has 1 N–H and O–H groups in total. The van der Waals surface area contributed by atoms with Gasteiger partial charge in [0.15, 0.2) is 0 Å². The average molecular weight is 267 g/mol. The summed E-state index contributed by atoms with van der Waals surface area (Å²) in [7, 11) is 0. The zero-order valence-corrected chi connectivity index (χ0v) is 10.9. The van der Waals surface area contributed by atoms with Gasteiger partial charge >= 0.3 is 11.9 Å². The summed E-state index contributed by atoms with van der Waals surface area (Å²) in [4.78, 5) is 26.5. The maximum atomic E-state index is 11.5. The van der Waals surface area contributed by atoms with Crippen LogP contribution in [0.4, 0.5) is 0 Å². The number of ether oxygens (including phenoxy) is 2. The number of aromatic nitrogens is 1. The van der Waals surface area contributed by atoms with Crippen molar-refractivity contribution >= 4 is 33.5 Å². The molecule has 18 heavy (non-hydrogen) atoms. The molecule has 0 spiro atoms. The highest BCUT2D eigenvalue weighted by Gasteiger charge is 2.16. The molecule has 0 unspecified atom stereocenters. The summed E-state index contributed by atoms with van der Waals surface area (Å²) in [5, 5.41) is 0. The molecule has 2 aromatic rings. The maximum Gasteiger partial charge on any atom is 0.354 e. The first-order valence-corrected chi connectivity index (χ1v) is 6.44. The van der Waals surface area contributed by atoms with Gasteiger partial charge in [-0.15, -0.1) is 11.3 Å². The first-order chi connectivity index (χ1) is 8.65. The summed E-state index contributed by atoms with van der Waals surface area (Å²) in [6, 6.07) is 3.36. The third-order valence-corrected chi connectivity index (χ3v) is 3.34. The third kappa shape index (κ3) is 2.38. The number of aromatic amines is 1. The van der Waals surface area contributed by atoms with Gasteiger partial charge in [0.2, 0.25) is 0 Å². The second-order valence-electron chi connectivity index (χ2n) is 3.51. The van der Waals surface area contributed by atoms with Crippen LogP contribution in [0.2, 0.25) is 0 Å². The maximum absolute atomic E-state index is 11.5. The Morgan fingerprint density at radius 3 is 2.44 bits per heavy atom. The molecule has 0 atom stereocenters. The van der Waals surface area contributed by atoms with Crippen LogP contribution < -0.4 is 0 Å². The summed E-state index contributed by atoms with van der Waals surface area (Å²) in [5.41, 5.74) is 1.14. The number of hydrogen-bond donors (Lipinski definition) is 1. The van der Waals surface area contributed by atoms with E-state index < -0.39 is 5.97 Å². The lowest BCUT2D eigenvalue weighted by Gasteiger charge is -1.98. The van der Waals surface area contributed by atoms with E-state index in [1.165, 1.54) is 11.3 Å². The molecule has 2 heterocycles. The van der Waals surface area contributed by atoms with E-state index in [1.807, 2.05) is 0 Å². The highest BCUT2D eigenvalue weighted by Crippen LogP contribution is 2.27. The molecule has 0 saturated heterocycles. The van der Waals surface area contributed by atoms with Gasteiger partial charge in [-0.05, 0) is 26.0 Å². The number of nitrogens with one attached hydrogen (secondary N) is 1. The molecular formula is C12H13NO4S. The quantitative estimate of drug-likeness (QED) is 0.864. The minimum atomic E-state index is -0.390. The lowest BCUT2D eigenvalue weighted by atomic mass is 10.4. The highest BCUT2D eigenvalue weighted by molar-refractivity contribution is 7.20. The zero-order valence-electron chi connectivity index (χ0n) is 10.1. The fraction of sp³-hybridized carbons (Fsp3) is 0.333. The van der Waals surface area contributed by atoms with E-state index in [-0.39, 0.29) is 5.97 Å². The Labute approximate surface area is 108 Å². The molecule has 0 aromatic carbocycles. The monoisotopic (exact) mass is 267 g/mol. The van der Waals surface area contributed by atoms with Gasteiger partial charge in [0.25, 0.3) is 0 Å². The van der Waals surface area contributed by atoms with Crippen LogP contribution in [0.15, 0.2) is 12.1 Å². The molecule has 0 bridgehead atoms. The molecule has 0 aliphatic carbocycles. The van der Waals surface area contributed by atoms with E-state index in [4.69, 9.17) is 9.47 Å². The van der Waals surface area contributed by atoms with E-state index in [0.29, 0.717) is 23.8 Å². The van der Waals surface area contributed by atoms with E-state index >= 15 is 0 Å². The van der Waals surface area contributed by atoms with Crippen molar-refractivity contribution in [3.8, 4) is 0 Å². The van der Waals surface area contributed by atoms with E-state index in [2.05, 4.69) is 4.98 Å². The van der Waals surface area contributed by atoms with Crippen LogP contribution in [0.1, 0.15) is 34.0 Å². The number of fused-ring (bicyclic) bond motifs is 1. The summed E-state index contributed by atoms with van der Waals surface area (Å²) >= 11 is 1.29. The Hall–Kier alpha value is -1.82. The lowest BCUT2D eigenvalue weighted by molar-refractivity contribution is 0.0516. The number of thiophene rings is 1. The first kappa shape index (κ1) is 12.6. The SMILES string of the molecule is CCOC(=O)c1cc2sc(C(=O)OCC)cc2[nH]1. The molecule has 2 aromatic heterocycles. The second-order valence-corrected chi connectivity index (χ2v) is 4.60. The minimum Gasteiger partial charge on any atom is -0.462 e. The predicted octanol–water partition coefficient (Wildman–Crippen LogP) is 2.58. The number of esters is 2. The van der Waals surface area contributed by atoms with Crippen molar-refractivity contribution in [3.63, 3.8) is 0 Å². The standard InChI is InChI=1S/C12H13NO4S/c1-3-16-11(14)8-6-9-7(13-8)5-10(18-9)12(15)17-4-2/h5-6,13H,3-4H2,1-2H3. The molecule has 0 aliphatic heterocycles. The number of rotatable bonds is 4. The van der Waals surface area contributed by atoms with E-state index in [1.54, 1.807) is 26.0 Å². The highest BCUT2D eigenvalue weighted by atomic mass is 32.1. The van der Waals surface area contributed by atoms with Gasteiger partial charge in [-0.2, -0.15) is 0 Å². The number of H-pyrrole nitrogens is 1. The Balaban J connectivity index is 2.25. The Morgan fingerprint density at radius 2 is 1.83 bits per heavy atom. The van der Waals surface area contributed by atoms with Crippen molar-refractivity contribution in [2.24, 2.45) is 0 Å². The molecule has 96 valence electrons. The van der Waals surface area contributed by atoms with Gasteiger partial charge in [-0.25, -0.2) is 9.59 Å². The summed E-state index contributed by atoms with van der Waals surface area (Å²) < 4.78 is 10.6. The van der Waals surface area contributed by atoms with Crippen LogP contribution in [-0.2, 0) is 9.47 Å². The molecule has 0 amide bonds. The van der Waals surface area contributed by atoms with Crippen molar-refractivity contribution < 1.29 is 19.1 Å². The average Bonchev–Trinajstić information content (AvgIpc) is 2.86. The topological polar surface area (TPSA) is 68.4 Å². The van der Waals surface area contributed by atoms with Crippen LogP contribution in [-0.4, -0.2) is 30.1 Å². The van der Waals surface area contributed by atoms with Crippen LogP contribution in [0.25, 0.3) is 10.2 Å². The smallest absolute Gasteiger partial charge is 0.354 e. The molecule has 0 saturated carbocycles. The van der Waals surface area contributed by atoms with Crippen LogP contribution in [0, 0.1) is 0 Å². The molecule has 5 nitrogen and oxygen atoms in total. The third-order valence-electron chi connectivity index (χ3n) is 2.28. The van der Waals surface area contributed by atoms with Crippen molar-refractivity contribution in [2.45, 2.75) is 13.8 Å². The lowest BCUT2D eigenvalue weighted by Crippen LogP contribution is -2.04. The Morgan fingerprint density at radius 1 is 1.17 bits per heavy atom. The van der Waals surface area contributed by atoms with E-state index in [0.717, 1.165) is 10.2 Å². The van der Waals surface area contributed by atoms with Crippen molar-refractivity contribution in [3.05, 3.63) is 22.7 Å². The second kappa shape index (κ2) is 5.22. The predicted molar refractivity (Wildman–Crippen MR) is 68.1 cm³/mol. The number of hydrogen-bond acceptors (Lipinski definition) is 5. The molecule has 0 fully saturated rings. The number of carbonyl (C=O) groups excluding carboxylic acids is 2. The van der Waals surface area contributed by atoms with Crippen LogP contribution >= 0.6 is 11.3 Å². The summed E-state index contributed by atoms with van der Waals surface area (Å²) in [5.74, 6) is -0.733. The molecule has 0 aliphatic rings. The van der Waals surface area contributed by atoms with Gasteiger partial charge in [0.1, 0.15) is 10.6 Å². The molecule has 2 rings (SSSR count). The Kier molecular flexibility index (Phi) is 3.66. The van der Waals surface area contributed by atoms with Gasteiger partial charge in [0.05, 0.1) is 23.4 Å². The largest absolute Gasteiger partial charge is 0.462 e. The van der Waals surface area contributed by atoms with Crippen LogP contribution in [0.5, 0.6) is 0 Å². The van der Waals surface area contributed by atoms with Gasteiger partial charge in [-0.1, -0.05) is 0 Å². The first-order valence-electron chi connectivity index (χ1n) is 5.62. The normalized spacial score (nSPS) is 10.6. The molecule has 6 heteroatoms. The molecule has 0 radical (unpaired) electrons. The van der Waals surface area contributed by atoms with Crippen LogP contribution in [0.3, 0.4) is 0 Å². The zero-order chi connectivity index (χ0) is 13.1. The van der Waals surface area contributed by atoms with Gasteiger partial charge in [0, 0.05) is 0 Å². The summed E-state index contributed by atoms with van der Waals surface area (Å²) in [6.07, 6.45) is 0. The minimum absolute atomic E-state index is 0.333. The fourth-order valence-electron chi connectivity index (χ4n) is 1.54. The number of carbonyl (C=O) groups is 2. The van der Waals surface area contributed by atoms with Gasteiger partial charge < -0.3 is 14.5 Å². The Bertz CT molecular complexity index is 505. The van der Waals surface area contributed by atoms with Gasteiger partial charge in [-0.3, -0.25) is 0 Å². The summed E-state index contributed by atoms with van der Waals surface area (Å²) in [6.45, 7) is 4.19. The van der Waals surface area contributed by atoms with Crippen molar-refractivity contribution in [1.29, 1.82) is 0 Å². The van der Waals surface area contributed by atoms with Crippen molar-refractivity contribution in [1.82, 2.24) is 4.98 Å². The van der Waals surface area contributed by atoms with E-state index in [9.17, 15) is 9.59 Å².